The molecule has 0 aromatic carbocycles. The van der Waals surface area contributed by atoms with Gasteiger partial charge in [0.25, 0.3) is 0 Å². The van der Waals surface area contributed by atoms with Crippen LogP contribution in [0.2, 0.25) is 0 Å². The van der Waals surface area contributed by atoms with Gasteiger partial charge in [-0.15, -0.1) is 5.10 Å². The van der Waals surface area contributed by atoms with Crippen molar-refractivity contribution >= 4 is 17.3 Å². The molecule has 0 aromatic rings. The van der Waals surface area contributed by atoms with Crippen LogP contribution in [0.3, 0.4) is 0 Å². The van der Waals surface area contributed by atoms with Crippen molar-refractivity contribution in [2.45, 2.75) is 39.2 Å². The zero-order chi connectivity index (χ0) is 12.0. The largest absolute Gasteiger partial charge is 0.411 e. The number of oxime groups is 1. The molecule has 0 saturated carbocycles. The number of amidine groups is 1. The standard InChI is InChI=1S/C10H19N5O/c1-7(8(2)15-16)13-14-10(11)9-5-3-4-6-12-9/h9,12,16H,3-6H2,1-2H3,(H2,11,14). The summed E-state index contributed by atoms with van der Waals surface area (Å²) < 4.78 is 0. The first-order valence-electron chi connectivity index (χ1n) is 5.45. The Morgan fingerprint density at radius 1 is 1.25 bits per heavy atom. The van der Waals surface area contributed by atoms with Gasteiger partial charge in [-0.05, 0) is 33.2 Å². The van der Waals surface area contributed by atoms with E-state index in [9.17, 15) is 0 Å². The summed E-state index contributed by atoms with van der Waals surface area (Å²) in [5, 5.41) is 22.7. The van der Waals surface area contributed by atoms with Crippen molar-refractivity contribution in [1.82, 2.24) is 5.32 Å². The van der Waals surface area contributed by atoms with Crippen LogP contribution in [0.4, 0.5) is 0 Å². The number of nitrogens with zero attached hydrogens (tertiary/aromatic N) is 3. The van der Waals surface area contributed by atoms with E-state index in [4.69, 9.17) is 10.9 Å². The van der Waals surface area contributed by atoms with Crippen LogP contribution in [0.25, 0.3) is 0 Å². The first-order valence-corrected chi connectivity index (χ1v) is 5.45. The molecule has 6 heteroatoms. The highest BCUT2D eigenvalue weighted by atomic mass is 16.4. The molecule has 1 aliphatic heterocycles. The summed E-state index contributed by atoms with van der Waals surface area (Å²) in [6, 6.07) is 0.122. The van der Waals surface area contributed by atoms with Gasteiger partial charge in [-0.3, -0.25) is 0 Å². The predicted molar refractivity (Wildman–Crippen MR) is 65.3 cm³/mol. The van der Waals surface area contributed by atoms with Crippen molar-refractivity contribution in [3.63, 3.8) is 0 Å². The molecule has 90 valence electrons. The summed E-state index contributed by atoms with van der Waals surface area (Å²) in [5.74, 6) is 0.491. The molecule has 4 N–H and O–H groups in total. The minimum atomic E-state index is 0.122. The topological polar surface area (TPSA) is 95.4 Å². The van der Waals surface area contributed by atoms with Crippen molar-refractivity contribution in [2.24, 2.45) is 21.1 Å². The van der Waals surface area contributed by atoms with Gasteiger partial charge in [0.05, 0.1) is 17.5 Å². The molecule has 1 aliphatic rings. The molecule has 1 rings (SSSR count). The molecule has 1 atom stereocenters. The second-order valence-corrected chi connectivity index (χ2v) is 3.90. The Kier molecular flexibility index (Phi) is 4.91. The molecule has 0 aromatic heterocycles. The fourth-order valence-electron chi connectivity index (χ4n) is 1.45. The lowest BCUT2D eigenvalue weighted by atomic mass is 10.0. The molecule has 1 heterocycles. The molecule has 0 radical (unpaired) electrons. The van der Waals surface area contributed by atoms with Crippen LogP contribution in [0.5, 0.6) is 0 Å². The van der Waals surface area contributed by atoms with E-state index in [1.807, 2.05) is 0 Å². The zero-order valence-electron chi connectivity index (χ0n) is 9.77. The molecule has 0 aliphatic carbocycles. The summed E-state index contributed by atoms with van der Waals surface area (Å²) in [5.41, 5.74) is 6.81. The minimum absolute atomic E-state index is 0.122. The Morgan fingerprint density at radius 2 is 2.00 bits per heavy atom. The van der Waals surface area contributed by atoms with E-state index < -0.39 is 0 Å². The van der Waals surface area contributed by atoms with Gasteiger partial charge in [0.1, 0.15) is 5.84 Å². The van der Waals surface area contributed by atoms with Gasteiger partial charge >= 0.3 is 0 Å². The summed E-state index contributed by atoms with van der Waals surface area (Å²) >= 11 is 0. The van der Waals surface area contributed by atoms with Gasteiger partial charge in [-0.1, -0.05) is 11.6 Å². The van der Waals surface area contributed by atoms with Crippen LogP contribution in [0.15, 0.2) is 15.4 Å². The van der Waals surface area contributed by atoms with Crippen LogP contribution < -0.4 is 11.1 Å². The number of hydrogen-bond acceptors (Lipinski definition) is 5. The highest BCUT2D eigenvalue weighted by Crippen LogP contribution is 2.06. The van der Waals surface area contributed by atoms with Crippen LogP contribution in [0, 0.1) is 0 Å². The summed E-state index contributed by atoms with van der Waals surface area (Å²) in [6.45, 7) is 4.35. The lowest BCUT2D eigenvalue weighted by Crippen LogP contribution is -2.44. The number of hydrogen-bond donors (Lipinski definition) is 3. The van der Waals surface area contributed by atoms with Crippen LogP contribution in [-0.4, -0.2) is 35.1 Å². The summed E-state index contributed by atoms with van der Waals surface area (Å²) in [4.78, 5) is 0. The van der Waals surface area contributed by atoms with Crippen molar-refractivity contribution in [2.75, 3.05) is 6.54 Å². The van der Waals surface area contributed by atoms with Gasteiger partial charge < -0.3 is 16.3 Å². The molecular formula is C10H19N5O. The van der Waals surface area contributed by atoms with Crippen LogP contribution >= 0.6 is 0 Å². The van der Waals surface area contributed by atoms with Crippen LogP contribution in [-0.2, 0) is 0 Å². The number of nitrogens with two attached hydrogens (primary N) is 1. The smallest absolute Gasteiger partial charge is 0.139 e. The first-order chi connectivity index (χ1) is 7.65. The SMILES string of the molecule is CC(=NO)C(C)=NN=C(N)C1CCCCN1. The summed E-state index contributed by atoms with van der Waals surface area (Å²) in [7, 11) is 0. The second kappa shape index (κ2) is 6.22. The maximum atomic E-state index is 8.53. The molecule has 0 amide bonds. The molecule has 6 nitrogen and oxygen atoms in total. The van der Waals surface area contributed by atoms with Crippen molar-refractivity contribution in [3.05, 3.63) is 0 Å². The quantitative estimate of drug-likeness (QED) is 0.286. The van der Waals surface area contributed by atoms with E-state index in [1.165, 1.54) is 6.42 Å². The van der Waals surface area contributed by atoms with Crippen LogP contribution in [0.1, 0.15) is 33.1 Å². The summed E-state index contributed by atoms with van der Waals surface area (Å²) in [6.07, 6.45) is 3.34. The van der Waals surface area contributed by atoms with E-state index >= 15 is 0 Å². The molecule has 0 bridgehead atoms. The third-order valence-corrected chi connectivity index (χ3v) is 2.66. The average Bonchev–Trinajstić information content (AvgIpc) is 2.35. The third-order valence-electron chi connectivity index (χ3n) is 2.66. The maximum absolute atomic E-state index is 8.53. The second-order valence-electron chi connectivity index (χ2n) is 3.90. The molecule has 1 saturated heterocycles. The van der Waals surface area contributed by atoms with E-state index in [0.717, 1.165) is 19.4 Å². The molecule has 16 heavy (non-hydrogen) atoms. The van der Waals surface area contributed by atoms with E-state index in [0.29, 0.717) is 17.3 Å². The highest BCUT2D eigenvalue weighted by molar-refractivity contribution is 6.40. The van der Waals surface area contributed by atoms with Gasteiger partial charge in [-0.2, -0.15) is 5.10 Å². The fraction of sp³-hybridized carbons (Fsp3) is 0.700. The monoisotopic (exact) mass is 225 g/mol. The molecule has 0 spiro atoms. The predicted octanol–water partition coefficient (Wildman–Crippen LogP) is 0.712. The molecular weight excluding hydrogens is 206 g/mol. The molecule has 1 unspecified atom stereocenters. The average molecular weight is 225 g/mol. The van der Waals surface area contributed by atoms with Crippen molar-refractivity contribution in [3.8, 4) is 0 Å². The highest BCUT2D eigenvalue weighted by Gasteiger charge is 2.15. The lowest BCUT2D eigenvalue weighted by Gasteiger charge is -2.21. The van der Waals surface area contributed by atoms with E-state index in [1.54, 1.807) is 13.8 Å². The van der Waals surface area contributed by atoms with Gasteiger partial charge in [0.15, 0.2) is 0 Å². The number of nitrogens with one attached hydrogen (secondary N) is 1. The third kappa shape index (κ3) is 3.62. The fourth-order valence-corrected chi connectivity index (χ4v) is 1.45. The number of piperidine rings is 1. The minimum Gasteiger partial charge on any atom is -0.411 e. The van der Waals surface area contributed by atoms with E-state index in [-0.39, 0.29) is 6.04 Å². The van der Waals surface area contributed by atoms with Gasteiger partial charge in [0.2, 0.25) is 0 Å². The van der Waals surface area contributed by atoms with Gasteiger partial charge in [0, 0.05) is 0 Å². The van der Waals surface area contributed by atoms with Gasteiger partial charge in [-0.25, -0.2) is 0 Å². The van der Waals surface area contributed by atoms with Crippen molar-refractivity contribution < 1.29 is 5.21 Å². The van der Waals surface area contributed by atoms with Crippen molar-refractivity contribution in [1.29, 1.82) is 0 Å². The Bertz CT molecular complexity index is 315. The molecule has 1 fully saturated rings. The maximum Gasteiger partial charge on any atom is 0.139 e. The normalized spacial score (nSPS) is 24.6. The Labute approximate surface area is 95.3 Å². The Hall–Kier alpha value is -1.43. The Morgan fingerprint density at radius 3 is 2.56 bits per heavy atom. The lowest BCUT2D eigenvalue weighted by molar-refractivity contribution is 0.320. The van der Waals surface area contributed by atoms with E-state index in [2.05, 4.69) is 20.7 Å². The zero-order valence-corrected chi connectivity index (χ0v) is 9.77. The first kappa shape index (κ1) is 12.6. The number of rotatable bonds is 3. The Balaban J connectivity index is 2.61.